The van der Waals surface area contributed by atoms with Gasteiger partial charge in [-0.05, 0) is 67.4 Å². The van der Waals surface area contributed by atoms with Crippen LogP contribution in [0.4, 0.5) is 0 Å². The monoisotopic (exact) mass is 907 g/mol. The lowest BCUT2D eigenvalue weighted by molar-refractivity contribution is -0.134. The summed E-state index contributed by atoms with van der Waals surface area (Å²) >= 11 is 0. The molecule has 6 atom stereocenters. The van der Waals surface area contributed by atoms with Crippen LogP contribution >= 0.6 is 0 Å². The highest BCUT2D eigenvalue weighted by atomic mass is 16.6. The topological polar surface area (TPSA) is 191 Å². The molecular formula is C49H74N6O10. The molecule has 16 nitrogen and oxygen atoms in total. The van der Waals surface area contributed by atoms with E-state index in [-0.39, 0.29) is 42.7 Å². The van der Waals surface area contributed by atoms with Crippen LogP contribution in [0.2, 0.25) is 0 Å². The highest BCUT2D eigenvalue weighted by molar-refractivity contribution is 6.02. The Morgan fingerprint density at radius 1 is 0.738 bits per heavy atom. The quantitative estimate of drug-likeness (QED) is 0.0389. The van der Waals surface area contributed by atoms with Gasteiger partial charge in [0.1, 0.15) is 36.0 Å². The molecule has 1 aliphatic carbocycles. The number of benzene rings is 2. The number of hydrogen-bond donors (Lipinski definition) is 4. The number of ether oxygens (including phenoxy) is 5. The lowest BCUT2D eigenvalue weighted by atomic mass is 9.92. The number of epoxide rings is 1. The molecule has 1 saturated carbocycles. The maximum Gasteiger partial charge on any atom is 0.243 e. The lowest BCUT2D eigenvalue weighted by Gasteiger charge is -2.29. The lowest BCUT2D eigenvalue weighted by Crippen LogP contribution is -2.59. The van der Waals surface area contributed by atoms with Crippen molar-refractivity contribution in [1.82, 2.24) is 26.2 Å². The molecule has 0 aromatic heterocycles. The van der Waals surface area contributed by atoms with Crippen molar-refractivity contribution in [1.29, 1.82) is 0 Å². The van der Waals surface area contributed by atoms with E-state index in [4.69, 9.17) is 28.5 Å². The molecule has 3 aliphatic rings. The van der Waals surface area contributed by atoms with Crippen molar-refractivity contribution in [2.45, 2.75) is 103 Å². The van der Waals surface area contributed by atoms with Crippen LogP contribution in [0.5, 0.6) is 0 Å². The predicted octanol–water partition coefficient (Wildman–Crippen LogP) is 3.46. The molecule has 2 heterocycles. The molecule has 5 rings (SSSR count). The fraction of sp³-hybridized carbons (Fsp3) is 0.653. The first-order valence-corrected chi connectivity index (χ1v) is 23.3. The van der Waals surface area contributed by atoms with Crippen molar-refractivity contribution in [3.63, 3.8) is 0 Å². The molecule has 0 spiro atoms. The van der Waals surface area contributed by atoms with E-state index in [2.05, 4.69) is 54.1 Å². The summed E-state index contributed by atoms with van der Waals surface area (Å²) in [6, 6.07) is 15.8. The average Bonchev–Trinajstić information content (AvgIpc) is 4.20. The van der Waals surface area contributed by atoms with Crippen LogP contribution in [0.1, 0.15) is 71.4 Å². The van der Waals surface area contributed by atoms with Gasteiger partial charge >= 0.3 is 0 Å². The summed E-state index contributed by atoms with van der Waals surface area (Å²) in [5, 5.41) is 16.9. The first kappa shape index (κ1) is 51.5. The number of aryl methyl sites for hydroxylation is 1. The van der Waals surface area contributed by atoms with Crippen molar-refractivity contribution < 1.29 is 47.7 Å². The molecule has 2 aromatic carbocycles. The van der Waals surface area contributed by atoms with Gasteiger partial charge < -0.3 is 49.8 Å². The zero-order chi connectivity index (χ0) is 46.7. The van der Waals surface area contributed by atoms with Crippen molar-refractivity contribution in [3.8, 4) is 0 Å². The van der Waals surface area contributed by atoms with E-state index in [1.807, 2.05) is 72.5 Å². The van der Waals surface area contributed by atoms with E-state index in [1.54, 1.807) is 7.11 Å². The van der Waals surface area contributed by atoms with Gasteiger partial charge in [-0.25, -0.2) is 0 Å². The third-order valence-corrected chi connectivity index (χ3v) is 12.3. The number of carbonyl (C=O) groups excluding carboxylic acids is 4. The van der Waals surface area contributed by atoms with Gasteiger partial charge in [-0.1, -0.05) is 93.5 Å². The van der Waals surface area contributed by atoms with E-state index in [0.717, 1.165) is 17.5 Å². The predicted molar refractivity (Wildman–Crippen MR) is 247 cm³/mol. The molecule has 2 aromatic rings. The van der Waals surface area contributed by atoms with Crippen LogP contribution in [0, 0.1) is 17.3 Å². The number of nitrogens with zero attached hydrogens (tertiary/aromatic N) is 2. The van der Waals surface area contributed by atoms with Gasteiger partial charge in [-0.15, -0.1) is 0 Å². The van der Waals surface area contributed by atoms with E-state index in [0.29, 0.717) is 97.3 Å². The summed E-state index contributed by atoms with van der Waals surface area (Å²) in [6.07, 6.45) is 2.87. The van der Waals surface area contributed by atoms with E-state index < -0.39 is 47.5 Å². The van der Waals surface area contributed by atoms with Crippen molar-refractivity contribution in [3.05, 3.63) is 71.8 Å². The number of carbonyl (C=O) groups is 4. The van der Waals surface area contributed by atoms with Crippen LogP contribution < -0.4 is 21.3 Å². The van der Waals surface area contributed by atoms with E-state index in [9.17, 15) is 19.2 Å². The van der Waals surface area contributed by atoms with Gasteiger partial charge in [0.2, 0.25) is 23.6 Å². The number of morpholine rings is 1. The Kier molecular flexibility index (Phi) is 20.6. The van der Waals surface area contributed by atoms with Gasteiger partial charge in [-0.3, -0.25) is 24.1 Å². The minimum Gasteiger partial charge on any atom is -0.393 e. The summed E-state index contributed by atoms with van der Waals surface area (Å²) in [6.45, 7) is 15.6. The fourth-order valence-electron chi connectivity index (χ4n) is 7.90. The minimum atomic E-state index is -1.01. The van der Waals surface area contributed by atoms with Crippen molar-refractivity contribution in [2.24, 2.45) is 22.4 Å². The maximum atomic E-state index is 14.7. The first-order valence-electron chi connectivity index (χ1n) is 23.3. The molecule has 2 saturated heterocycles. The Morgan fingerprint density at radius 2 is 1.29 bits per heavy atom. The number of oxime groups is 1. The zero-order valence-electron chi connectivity index (χ0n) is 39.4. The molecule has 360 valence electrons. The van der Waals surface area contributed by atoms with Crippen LogP contribution in [0.3, 0.4) is 0 Å². The molecule has 4 N–H and O–H groups in total. The Hall–Kier alpha value is -4.45. The molecule has 16 heteroatoms. The van der Waals surface area contributed by atoms with Gasteiger partial charge in [0.15, 0.2) is 0 Å². The van der Waals surface area contributed by atoms with Gasteiger partial charge in [0.05, 0.1) is 65.4 Å². The van der Waals surface area contributed by atoms with Gasteiger partial charge in [-0.2, -0.15) is 0 Å². The molecule has 65 heavy (non-hydrogen) atoms. The van der Waals surface area contributed by atoms with Gasteiger partial charge in [0.25, 0.3) is 0 Å². The minimum absolute atomic E-state index is 0.0350. The third-order valence-electron chi connectivity index (χ3n) is 12.3. The van der Waals surface area contributed by atoms with Crippen molar-refractivity contribution >= 4 is 29.3 Å². The van der Waals surface area contributed by atoms with E-state index >= 15 is 0 Å². The van der Waals surface area contributed by atoms with Crippen LogP contribution in [0.15, 0.2) is 65.8 Å². The SMILES string of the molecule is COCCOCCOCCO/N=C(/[C@@H](NC(=O)[C@H](Cc1ccccc1)NC(=O)[C@H](CCC(C)C)NC(=O)[C@H](CCc1ccccc1)NC(=O)CN1CCOCC1)C1CC1(C)C)[C@@]1(C)CO1. The molecule has 4 amide bonds. The number of amides is 4. The first-order chi connectivity index (χ1) is 31.3. The number of hydrogen-bond acceptors (Lipinski definition) is 12. The third kappa shape index (κ3) is 17.7. The summed E-state index contributed by atoms with van der Waals surface area (Å²) < 4.78 is 27.5. The molecule has 0 bridgehead atoms. The fourth-order valence-corrected chi connectivity index (χ4v) is 7.90. The Bertz CT molecular complexity index is 1800. The Labute approximate surface area is 385 Å². The average molecular weight is 907 g/mol. The zero-order valence-corrected chi connectivity index (χ0v) is 39.4. The van der Waals surface area contributed by atoms with Crippen molar-refractivity contribution in [2.75, 3.05) is 86.2 Å². The normalized spacial score (nSPS) is 21.1. The highest BCUT2D eigenvalue weighted by Crippen LogP contribution is 2.55. The molecule has 3 fully saturated rings. The highest BCUT2D eigenvalue weighted by Gasteiger charge is 2.58. The summed E-state index contributed by atoms with van der Waals surface area (Å²) in [5.41, 5.74) is 1.63. The standard InChI is InChI=1S/C49H74N6O10/c1-35(2)17-19-40(51-45(57)39(20-18-36-13-9-7-10-14-36)50-42(56)33-55-21-23-61-24-22-55)46(58)52-41(31-37-15-11-8-12-16-37)47(59)53-43(38-32-48(38,3)4)44(49(5)34-64-49)54-65-30-29-63-28-27-62-26-25-60-6/h7-16,35,38-41,43H,17-34H2,1-6H3,(H,50,56)(H,51,57)(H,52,58)(H,53,59)/b54-44-/t38?,39-,40-,41-,43-,49+/m0/s1. The van der Waals surface area contributed by atoms with E-state index in [1.165, 1.54) is 0 Å². The smallest absolute Gasteiger partial charge is 0.243 e. The number of rotatable bonds is 30. The molecule has 0 radical (unpaired) electrons. The maximum absolute atomic E-state index is 14.7. The number of methoxy groups -OCH3 is 1. The molecule has 1 unspecified atom stereocenters. The molecule has 2 aliphatic heterocycles. The summed E-state index contributed by atoms with van der Waals surface area (Å²) in [5.74, 6) is -1.35. The second kappa shape index (κ2) is 26.0. The second-order valence-electron chi connectivity index (χ2n) is 18.6. The Balaban J connectivity index is 1.32. The Morgan fingerprint density at radius 3 is 1.88 bits per heavy atom. The summed E-state index contributed by atoms with van der Waals surface area (Å²) in [7, 11) is 1.62. The van der Waals surface area contributed by atoms with Crippen LogP contribution in [0.25, 0.3) is 0 Å². The second-order valence-corrected chi connectivity index (χ2v) is 18.6. The molecular weight excluding hydrogens is 833 g/mol. The largest absolute Gasteiger partial charge is 0.393 e. The van der Waals surface area contributed by atoms with Crippen LogP contribution in [-0.4, -0.2) is 150 Å². The van der Waals surface area contributed by atoms with Crippen LogP contribution in [-0.2, 0) is 60.5 Å². The summed E-state index contributed by atoms with van der Waals surface area (Å²) in [4.78, 5) is 64.7. The number of nitrogens with one attached hydrogen (secondary N) is 4. The van der Waals surface area contributed by atoms with Gasteiger partial charge in [0, 0.05) is 26.6 Å².